The molecule has 92 valence electrons. The van der Waals surface area contributed by atoms with Crippen LogP contribution in [0, 0.1) is 5.92 Å². The van der Waals surface area contributed by atoms with E-state index in [1.54, 1.807) is 0 Å². The molecule has 1 aromatic heterocycles. The van der Waals surface area contributed by atoms with Crippen molar-refractivity contribution in [2.24, 2.45) is 11.7 Å². The monoisotopic (exact) mass is 232 g/mol. The van der Waals surface area contributed by atoms with Crippen LogP contribution in [0.4, 0.5) is 5.69 Å². The van der Waals surface area contributed by atoms with E-state index in [1.807, 2.05) is 24.5 Å². The van der Waals surface area contributed by atoms with E-state index in [0.29, 0.717) is 5.92 Å². The number of rotatable bonds is 5. The van der Waals surface area contributed by atoms with E-state index in [1.165, 1.54) is 5.39 Å². The third-order valence-corrected chi connectivity index (χ3v) is 3.23. The Hall–Kier alpha value is -1.48. The van der Waals surface area contributed by atoms with Crippen LogP contribution in [0.2, 0.25) is 0 Å². The quantitative estimate of drug-likeness (QED) is 0.862. The predicted molar refractivity (Wildman–Crippen MR) is 72.3 cm³/mol. The lowest BCUT2D eigenvalue weighted by atomic mass is 10.1. The van der Waals surface area contributed by atoms with Crippen molar-refractivity contribution in [3.8, 4) is 0 Å². The molecule has 1 atom stereocenters. The summed E-state index contributed by atoms with van der Waals surface area (Å²) in [5.74, 6) is 0.565. The Morgan fingerprint density at radius 2 is 2.12 bits per heavy atom. The summed E-state index contributed by atoms with van der Waals surface area (Å²) in [6.07, 6.45) is 2.93. The highest BCUT2D eigenvalue weighted by Gasteiger charge is 2.10. The smallest absolute Gasteiger partial charge is 0.136 e. The zero-order valence-corrected chi connectivity index (χ0v) is 10.5. The first-order chi connectivity index (χ1) is 8.22. The molecular weight excluding hydrogens is 212 g/mol. The summed E-state index contributed by atoms with van der Waals surface area (Å²) < 4.78 is 5.54. The normalized spacial score (nSPS) is 12.9. The third-order valence-electron chi connectivity index (χ3n) is 3.23. The van der Waals surface area contributed by atoms with Gasteiger partial charge in [0, 0.05) is 19.0 Å². The fraction of sp³-hybridized carbons (Fsp3) is 0.429. The van der Waals surface area contributed by atoms with E-state index in [4.69, 9.17) is 10.2 Å². The standard InChI is InChI=1S/C14H20N2O/c1-11(9-15)7-8-16(2)13-10-17-14-6-4-3-5-12(13)14/h3-6,10-11H,7-9,15H2,1-2H3. The molecule has 1 heterocycles. The van der Waals surface area contributed by atoms with Gasteiger partial charge in [0.2, 0.25) is 0 Å². The maximum absolute atomic E-state index is 5.63. The molecule has 2 rings (SSSR count). The molecule has 0 saturated carbocycles. The van der Waals surface area contributed by atoms with Crippen LogP contribution in [0.15, 0.2) is 34.9 Å². The van der Waals surface area contributed by atoms with Gasteiger partial charge < -0.3 is 15.1 Å². The summed E-state index contributed by atoms with van der Waals surface area (Å²) in [7, 11) is 2.10. The number of para-hydroxylation sites is 1. The molecule has 0 bridgehead atoms. The maximum atomic E-state index is 5.63. The molecule has 0 radical (unpaired) electrons. The van der Waals surface area contributed by atoms with Gasteiger partial charge in [-0.25, -0.2) is 0 Å². The van der Waals surface area contributed by atoms with Crippen LogP contribution in [-0.4, -0.2) is 20.1 Å². The van der Waals surface area contributed by atoms with Crippen molar-refractivity contribution in [2.45, 2.75) is 13.3 Å². The van der Waals surface area contributed by atoms with Crippen LogP contribution in [0.25, 0.3) is 11.0 Å². The average Bonchev–Trinajstić information content (AvgIpc) is 2.79. The second-order valence-corrected chi connectivity index (χ2v) is 4.67. The number of fused-ring (bicyclic) bond motifs is 1. The number of hydrogen-bond acceptors (Lipinski definition) is 3. The molecule has 1 unspecified atom stereocenters. The van der Waals surface area contributed by atoms with E-state index < -0.39 is 0 Å². The second-order valence-electron chi connectivity index (χ2n) is 4.67. The summed E-state index contributed by atoms with van der Waals surface area (Å²) in [4.78, 5) is 2.23. The summed E-state index contributed by atoms with van der Waals surface area (Å²) in [6.45, 7) is 3.93. The summed E-state index contributed by atoms with van der Waals surface area (Å²) in [6, 6.07) is 8.12. The Morgan fingerprint density at radius 1 is 1.35 bits per heavy atom. The number of nitrogens with zero attached hydrogens (tertiary/aromatic N) is 1. The second kappa shape index (κ2) is 5.23. The van der Waals surface area contributed by atoms with Crippen LogP contribution in [-0.2, 0) is 0 Å². The summed E-state index contributed by atoms with van der Waals surface area (Å²) in [5.41, 5.74) is 7.73. The minimum absolute atomic E-state index is 0.565. The van der Waals surface area contributed by atoms with Gasteiger partial charge in [-0.1, -0.05) is 19.1 Å². The Morgan fingerprint density at radius 3 is 2.88 bits per heavy atom. The Labute approximate surface area is 102 Å². The van der Waals surface area contributed by atoms with E-state index in [9.17, 15) is 0 Å². The number of hydrogen-bond donors (Lipinski definition) is 1. The number of furan rings is 1. The largest absolute Gasteiger partial charge is 0.462 e. The Bertz CT molecular complexity index is 478. The van der Waals surface area contributed by atoms with Crippen LogP contribution < -0.4 is 10.6 Å². The third kappa shape index (κ3) is 2.61. The van der Waals surface area contributed by atoms with E-state index in [0.717, 1.165) is 30.8 Å². The maximum Gasteiger partial charge on any atom is 0.136 e. The lowest BCUT2D eigenvalue weighted by Gasteiger charge is -2.19. The van der Waals surface area contributed by atoms with Crippen LogP contribution in [0.3, 0.4) is 0 Å². The van der Waals surface area contributed by atoms with Crippen LogP contribution in [0.5, 0.6) is 0 Å². The van der Waals surface area contributed by atoms with Crippen LogP contribution in [0.1, 0.15) is 13.3 Å². The summed E-state index contributed by atoms with van der Waals surface area (Å²) >= 11 is 0. The lowest BCUT2D eigenvalue weighted by molar-refractivity contribution is 0.543. The molecule has 1 aromatic carbocycles. The van der Waals surface area contributed by atoms with Gasteiger partial charge in [0.1, 0.15) is 11.8 Å². The fourth-order valence-corrected chi connectivity index (χ4v) is 1.91. The van der Waals surface area contributed by atoms with Crippen molar-refractivity contribution in [3.05, 3.63) is 30.5 Å². The van der Waals surface area contributed by atoms with Crippen molar-refractivity contribution < 1.29 is 4.42 Å². The summed E-state index contributed by atoms with van der Waals surface area (Å²) in [5, 5.41) is 1.18. The number of anilines is 1. The Balaban J connectivity index is 2.11. The fourth-order valence-electron chi connectivity index (χ4n) is 1.91. The molecule has 0 amide bonds. The van der Waals surface area contributed by atoms with E-state index in [-0.39, 0.29) is 0 Å². The molecule has 0 saturated heterocycles. The zero-order valence-electron chi connectivity index (χ0n) is 10.5. The molecule has 0 aliphatic rings. The zero-order chi connectivity index (χ0) is 12.3. The van der Waals surface area contributed by atoms with E-state index >= 15 is 0 Å². The number of nitrogens with two attached hydrogens (primary N) is 1. The first-order valence-electron chi connectivity index (χ1n) is 6.09. The molecule has 0 aliphatic heterocycles. The SMILES string of the molecule is CC(CN)CCN(C)c1coc2ccccc12. The van der Waals surface area contributed by atoms with Gasteiger partial charge in [-0.15, -0.1) is 0 Å². The minimum atomic E-state index is 0.565. The van der Waals surface area contributed by atoms with Gasteiger partial charge in [0.25, 0.3) is 0 Å². The minimum Gasteiger partial charge on any atom is -0.462 e. The van der Waals surface area contributed by atoms with Crippen molar-refractivity contribution >= 4 is 16.7 Å². The highest BCUT2D eigenvalue weighted by Crippen LogP contribution is 2.28. The molecule has 3 nitrogen and oxygen atoms in total. The first kappa shape index (κ1) is 12.0. The van der Waals surface area contributed by atoms with Gasteiger partial charge in [-0.05, 0) is 31.0 Å². The van der Waals surface area contributed by atoms with Gasteiger partial charge in [-0.2, -0.15) is 0 Å². The van der Waals surface area contributed by atoms with Crippen molar-refractivity contribution in [3.63, 3.8) is 0 Å². The molecule has 3 heteroatoms. The van der Waals surface area contributed by atoms with Crippen molar-refractivity contribution in [1.82, 2.24) is 0 Å². The lowest BCUT2D eigenvalue weighted by Crippen LogP contribution is -2.22. The predicted octanol–water partition coefficient (Wildman–Crippen LogP) is 2.85. The molecule has 2 N–H and O–H groups in total. The Kier molecular flexibility index (Phi) is 3.69. The van der Waals surface area contributed by atoms with Gasteiger partial charge in [0.05, 0.1) is 5.69 Å². The molecule has 2 aromatic rings. The van der Waals surface area contributed by atoms with E-state index in [2.05, 4.69) is 24.9 Å². The molecular formula is C14H20N2O. The molecule has 0 fully saturated rings. The topological polar surface area (TPSA) is 42.4 Å². The number of benzene rings is 1. The highest BCUT2D eigenvalue weighted by atomic mass is 16.3. The van der Waals surface area contributed by atoms with Gasteiger partial charge >= 0.3 is 0 Å². The van der Waals surface area contributed by atoms with Crippen LogP contribution >= 0.6 is 0 Å². The molecule has 17 heavy (non-hydrogen) atoms. The van der Waals surface area contributed by atoms with Gasteiger partial charge in [0.15, 0.2) is 0 Å². The van der Waals surface area contributed by atoms with Crippen molar-refractivity contribution in [1.29, 1.82) is 0 Å². The van der Waals surface area contributed by atoms with Crippen molar-refractivity contribution in [2.75, 3.05) is 25.0 Å². The van der Waals surface area contributed by atoms with Gasteiger partial charge in [-0.3, -0.25) is 0 Å². The molecule has 0 aliphatic carbocycles. The first-order valence-corrected chi connectivity index (χ1v) is 6.09. The average molecular weight is 232 g/mol. The molecule has 0 spiro atoms. The highest BCUT2D eigenvalue weighted by molar-refractivity contribution is 5.90.